The topological polar surface area (TPSA) is 66.8 Å². The number of hydrogen-bond acceptors (Lipinski definition) is 4. The number of rotatable bonds is 4. The Morgan fingerprint density at radius 2 is 2.05 bits per heavy atom. The lowest BCUT2D eigenvalue weighted by Gasteiger charge is -2.22. The molecular weight excluding hydrogens is 243 g/mol. The van der Waals surface area contributed by atoms with E-state index in [4.69, 9.17) is 14.8 Å². The fourth-order valence-corrected chi connectivity index (χ4v) is 2.18. The van der Waals surface area contributed by atoms with Crippen LogP contribution >= 0.6 is 0 Å². The summed E-state index contributed by atoms with van der Waals surface area (Å²) < 4.78 is 5.26. The third-order valence-corrected chi connectivity index (χ3v) is 3.30. The van der Waals surface area contributed by atoms with Gasteiger partial charge in [0, 0.05) is 5.82 Å². The van der Waals surface area contributed by atoms with E-state index in [1.54, 1.807) is 6.08 Å². The summed E-state index contributed by atoms with van der Waals surface area (Å²) in [4.78, 5) is 11.9. The Bertz CT molecular complexity index is 444. The van der Waals surface area contributed by atoms with Crippen molar-refractivity contribution in [1.82, 2.24) is 0 Å². The van der Waals surface area contributed by atoms with Crippen molar-refractivity contribution < 1.29 is 19.6 Å². The van der Waals surface area contributed by atoms with Crippen molar-refractivity contribution in [2.45, 2.75) is 25.3 Å². The first kappa shape index (κ1) is 13.8. The largest absolute Gasteiger partial charge is 0.461 e. The second-order valence-corrected chi connectivity index (χ2v) is 4.77. The van der Waals surface area contributed by atoms with Crippen LogP contribution in [0, 0.1) is 5.92 Å². The number of carbonyl (C=O) groups is 1. The molecule has 1 aliphatic carbocycles. The number of hydrogen-bond donors (Lipinski definition) is 2. The normalized spacial score (nSPS) is 22.0. The molecule has 2 atom stereocenters. The van der Waals surface area contributed by atoms with Gasteiger partial charge in [-0.05, 0) is 18.4 Å². The Balaban J connectivity index is 1.85. The van der Waals surface area contributed by atoms with Gasteiger partial charge in [0.1, 0.15) is 6.61 Å². The third-order valence-electron chi connectivity index (χ3n) is 3.30. The molecule has 0 radical (unpaired) electrons. The van der Waals surface area contributed by atoms with Crippen molar-refractivity contribution in [2.75, 3.05) is 0 Å². The van der Waals surface area contributed by atoms with Gasteiger partial charge in [0.05, 0.1) is 5.92 Å². The average molecular weight is 260 g/mol. The lowest BCUT2D eigenvalue weighted by molar-refractivity contribution is -0.150. The summed E-state index contributed by atoms with van der Waals surface area (Å²) in [6.07, 6.45) is 4.56. The van der Waals surface area contributed by atoms with E-state index in [1.807, 2.05) is 36.4 Å². The molecule has 2 rings (SSSR count). The first-order valence-electron chi connectivity index (χ1n) is 6.40. The Morgan fingerprint density at radius 1 is 1.32 bits per heavy atom. The number of allylic oxidation sites excluding steroid dienone is 2. The van der Waals surface area contributed by atoms with Gasteiger partial charge in [0.2, 0.25) is 0 Å². The van der Waals surface area contributed by atoms with Gasteiger partial charge in [0.25, 0.3) is 0 Å². The minimum atomic E-state index is -1.42. The molecule has 0 aromatic heterocycles. The predicted molar refractivity (Wildman–Crippen MR) is 72.0 cm³/mol. The lowest BCUT2D eigenvalue weighted by atomic mass is 9.66. The summed E-state index contributed by atoms with van der Waals surface area (Å²) >= 11 is 0. The van der Waals surface area contributed by atoms with Gasteiger partial charge >= 0.3 is 13.1 Å². The molecule has 0 bridgehead atoms. The highest BCUT2D eigenvalue weighted by molar-refractivity contribution is 6.44. The second kappa shape index (κ2) is 6.54. The van der Waals surface area contributed by atoms with E-state index < -0.39 is 7.12 Å². The Labute approximate surface area is 112 Å². The van der Waals surface area contributed by atoms with Crippen LogP contribution < -0.4 is 0 Å². The predicted octanol–water partition coefficient (Wildman–Crippen LogP) is 1.54. The fraction of sp³-hybridized carbons (Fsp3) is 0.357. The van der Waals surface area contributed by atoms with Gasteiger partial charge in [-0.25, -0.2) is 0 Å². The summed E-state index contributed by atoms with van der Waals surface area (Å²) in [6, 6.07) is 9.49. The second-order valence-electron chi connectivity index (χ2n) is 4.77. The molecule has 0 spiro atoms. The maximum Gasteiger partial charge on any atom is 0.458 e. The summed E-state index contributed by atoms with van der Waals surface area (Å²) in [7, 11) is -1.42. The standard InChI is InChI=1S/C14H17BO4/c16-14(19-10-11-5-2-1-3-6-11)12-7-4-8-13(9-12)15(17)18/h1-6,8,12-13,17-18H,7,9-10H2. The summed E-state index contributed by atoms with van der Waals surface area (Å²) in [5.41, 5.74) is 0.945. The number of benzene rings is 1. The zero-order valence-electron chi connectivity index (χ0n) is 10.6. The van der Waals surface area contributed by atoms with Gasteiger partial charge < -0.3 is 14.8 Å². The summed E-state index contributed by atoms with van der Waals surface area (Å²) in [5.74, 6) is -0.956. The average Bonchev–Trinajstić information content (AvgIpc) is 2.46. The van der Waals surface area contributed by atoms with E-state index in [-0.39, 0.29) is 24.3 Å². The van der Waals surface area contributed by atoms with E-state index in [0.29, 0.717) is 12.8 Å². The van der Waals surface area contributed by atoms with Crippen LogP contribution in [0.25, 0.3) is 0 Å². The molecule has 100 valence electrons. The highest BCUT2D eigenvalue weighted by atomic mass is 16.5. The third kappa shape index (κ3) is 3.94. The van der Waals surface area contributed by atoms with Crippen LogP contribution in [-0.2, 0) is 16.1 Å². The zero-order valence-corrected chi connectivity index (χ0v) is 10.6. The number of carbonyl (C=O) groups excluding carboxylic acids is 1. The van der Waals surface area contributed by atoms with Crippen molar-refractivity contribution >= 4 is 13.1 Å². The smallest absolute Gasteiger partial charge is 0.458 e. The van der Waals surface area contributed by atoms with Crippen LogP contribution in [-0.4, -0.2) is 23.1 Å². The first-order valence-corrected chi connectivity index (χ1v) is 6.40. The van der Waals surface area contributed by atoms with Crippen LogP contribution in [0.15, 0.2) is 42.5 Å². The molecule has 0 heterocycles. The molecule has 1 aromatic rings. The van der Waals surface area contributed by atoms with Crippen molar-refractivity contribution in [3.05, 3.63) is 48.0 Å². The van der Waals surface area contributed by atoms with Crippen LogP contribution in [0.1, 0.15) is 18.4 Å². The van der Waals surface area contributed by atoms with E-state index in [2.05, 4.69) is 0 Å². The van der Waals surface area contributed by atoms with Gasteiger partial charge in [-0.1, -0.05) is 42.5 Å². The molecular formula is C14H17BO4. The SMILES string of the molecule is O=C(OCc1ccccc1)C1CC=CC(B(O)O)C1. The van der Waals surface area contributed by atoms with Crippen molar-refractivity contribution in [3.8, 4) is 0 Å². The molecule has 1 aromatic carbocycles. The minimum absolute atomic E-state index is 0.256. The summed E-state index contributed by atoms with van der Waals surface area (Å²) in [6.45, 7) is 0.256. The minimum Gasteiger partial charge on any atom is -0.461 e. The van der Waals surface area contributed by atoms with E-state index in [1.165, 1.54) is 0 Å². The van der Waals surface area contributed by atoms with Crippen LogP contribution in [0.4, 0.5) is 0 Å². The van der Waals surface area contributed by atoms with Crippen molar-refractivity contribution in [2.24, 2.45) is 5.92 Å². The highest BCUT2D eigenvalue weighted by Crippen LogP contribution is 2.29. The molecule has 2 unspecified atom stereocenters. The van der Waals surface area contributed by atoms with Gasteiger partial charge in [-0.15, -0.1) is 0 Å². The van der Waals surface area contributed by atoms with Gasteiger partial charge in [0.15, 0.2) is 0 Å². The molecule has 2 N–H and O–H groups in total. The van der Waals surface area contributed by atoms with Crippen LogP contribution in [0.2, 0.25) is 5.82 Å². The maximum atomic E-state index is 11.9. The molecule has 0 fully saturated rings. The van der Waals surface area contributed by atoms with E-state index in [0.717, 1.165) is 5.56 Å². The molecule has 0 amide bonds. The number of ether oxygens (including phenoxy) is 1. The van der Waals surface area contributed by atoms with Crippen molar-refractivity contribution in [1.29, 1.82) is 0 Å². The Morgan fingerprint density at radius 3 is 2.74 bits per heavy atom. The lowest BCUT2D eigenvalue weighted by Crippen LogP contribution is -2.27. The first-order chi connectivity index (χ1) is 9.16. The monoisotopic (exact) mass is 260 g/mol. The molecule has 5 heteroatoms. The zero-order chi connectivity index (χ0) is 13.7. The van der Waals surface area contributed by atoms with Gasteiger partial charge in [-0.3, -0.25) is 4.79 Å². The molecule has 0 saturated heterocycles. The Hall–Kier alpha value is -1.59. The molecule has 19 heavy (non-hydrogen) atoms. The van der Waals surface area contributed by atoms with E-state index >= 15 is 0 Å². The molecule has 4 nitrogen and oxygen atoms in total. The van der Waals surface area contributed by atoms with Gasteiger partial charge in [-0.2, -0.15) is 0 Å². The summed E-state index contributed by atoms with van der Waals surface area (Å²) in [5, 5.41) is 18.3. The maximum absolute atomic E-state index is 11.9. The number of esters is 1. The van der Waals surface area contributed by atoms with Crippen LogP contribution in [0.5, 0.6) is 0 Å². The molecule has 1 aliphatic rings. The van der Waals surface area contributed by atoms with E-state index in [9.17, 15) is 4.79 Å². The molecule has 0 aliphatic heterocycles. The fourth-order valence-electron chi connectivity index (χ4n) is 2.18. The quantitative estimate of drug-likeness (QED) is 0.489. The van der Waals surface area contributed by atoms with Crippen molar-refractivity contribution in [3.63, 3.8) is 0 Å². The molecule has 0 saturated carbocycles. The van der Waals surface area contributed by atoms with Crippen LogP contribution in [0.3, 0.4) is 0 Å². The highest BCUT2D eigenvalue weighted by Gasteiger charge is 2.31. The Kier molecular flexibility index (Phi) is 4.77.